The van der Waals surface area contributed by atoms with Crippen molar-refractivity contribution in [1.82, 2.24) is 20.4 Å². The summed E-state index contributed by atoms with van der Waals surface area (Å²) in [5.41, 5.74) is 11.5. The molecule has 3 aromatic rings. The van der Waals surface area contributed by atoms with Gasteiger partial charge in [-0.15, -0.1) is 11.3 Å². The molecule has 10 heteroatoms. The van der Waals surface area contributed by atoms with Gasteiger partial charge in [0.05, 0.1) is 0 Å². The van der Waals surface area contributed by atoms with Crippen LogP contribution in [0.3, 0.4) is 0 Å². The number of anilines is 4. The number of thiazole rings is 1. The Morgan fingerprint density at radius 2 is 1.88 bits per heavy atom. The molecule has 0 aliphatic rings. The zero-order valence-electron chi connectivity index (χ0n) is 12.2. The van der Waals surface area contributed by atoms with Crippen LogP contribution in [0.1, 0.15) is 10.4 Å². The fourth-order valence-electron chi connectivity index (χ4n) is 1.77. The molecule has 3 rings (SSSR count). The van der Waals surface area contributed by atoms with E-state index in [1.807, 2.05) is 5.38 Å². The molecule has 0 saturated carbocycles. The highest BCUT2D eigenvalue weighted by atomic mass is 32.1. The van der Waals surface area contributed by atoms with Crippen LogP contribution in [0.25, 0.3) is 0 Å². The summed E-state index contributed by atoms with van der Waals surface area (Å²) in [5, 5.41) is 5.39. The zero-order valence-corrected chi connectivity index (χ0v) is 13.0. The van der Waals surface area contributed by atoms with Gasteiger partial charge in [-0.25, -0.2) is 19.3 Å². The number of nitrogens with two attached hydrogens (primary N) is 1. The maximum absolute atomic E-state index is 12.9. The van der Waals surface area contributed by atoms with Crippen LogP contribution >= 0.6 is 11.3 Å². The summed E-state index contributed by atoms with van der Waals surface area (Å²) in [6, 6.07) is 5.13. The lowest BCUT2D eigenvalue weighted by Crippen LogP contribution is -2.30. The van der Waals surface area contributed by atoms with Crippen molar-refractivity contribution >= 4 is 39.7 Å². The van der Waals surface area contributed by atoms with Gasteiger partial charge in [0.1, 0.15) is 17.8 Å². The Labute approximate surface area is 139 Å². The van der Waals surface area contributed by atoms with E-state index < -0.39 is 11.7 Å². The second-order valence-corrected chi connectivity index (χ2v) is 5.43. The Hall–Kier alpha value is -3.27. The van der Waals surface area contributed by atoms with E-state index in [1.165, 1.54) is 41.9 Å². The lowest BCUT2D eigenvalue weighted by atomic mass is 10.2. The second kappa shape index (κ2) is 6.87. The minimum absolute atomic E-state index is 0.215. The SMILES string of the molecule is Nc1c(NNC(=O)c2ccc(F)cc2)ncnc1Nc1nccs1. The molecular formula is C14H12FN7OS. The van der Waals surface area contributed by atoms with Gasteiger partial charge >= 0.3 is 0 Å². The summed E-state index contributed by atoms with van der Waals surface area (Å²) >= 11 is 1.39. The van der Waals surface area contributed by atoms with E-state index in [-0.39, 0.29) is 17.1 Å². The summed E-state index contributed by atoms with van der Waals surface area (Å²) in [6.45, 7) is 0. The molecule has 1 aromatic carbocycles. The van der Waals surface area contributed by atoms with Gasteiger partial charge in [-0.05, 0) is 24.3 Å². The molecule has 122 valence electrons. The Bertz CT molecular complexity index is 839. The molecule has 0 unspecified atom stereocenters. The third-order valence-corrected chi connectivity index (χ3v) is 3.63. The lowest BCUT2D eigenvalue weighted by molar-refractivity contribution is 0.0962. The van der Waals surface area contributed by atoms with Crippen molar-refractivity contribution in [3.8, 4) is 0 Å². The van der Waals surface area contributed by atoms with Crippen molar-refractivity contribution in [3.63, 3.8) is 0 Å². The Balaban J connectivity index is 1.69. The van der Waals surface area contributed by atoms with Crippen LogP contribution < -0.4 is 21.9 Å². The van der Waals surface area contributed by atoms with Crippen molar-refractivity contribution in [2.45, 2.75) is 0 Å². The topological polar surface area (TPSA) is 118 Å². The number of rotatable bonds is 5. The number of hydrogen-bond donors (Lipinski definition) is 4. The van der Waals surface area contributed by atoms with E-state index in [4.69, 9.17) is 5.73 Å². The van der Waals surface area contributed by atoms with Crippen LogP contribution in [0.4, 0.5) is 26.8 Å². The predicted octanol–water partition coefficient (Wildman–Crippen LogP) is 2.15. The van der Waals surface area contributed by atoms with Crippen LogP contribution in [0.15, 0.2) is 42.2 Å². The highest BCUT2D eigenvalue weighted by Gasteiger charge is 2.11. The lowest BCUT2D eigenvalue weighted by Gasteiger charge is -2.12. The van der Waals surface area contributed by atoms with E-state index in [2.05, 4.69) is 31.1 Å². The Morgan fingerprint density at radius 1 is 1.12 bits per heavy atom. The number of nitrogens with zero attached hydrogens (tertiary/aromatic N) is 3. The molecule has 2 aromatic heterocycles. The third-order valence-electron chi connectivity index (χ3n) is 2.94. The van der Waals surface area contributed by atoms with Crippen molar-refractivity contribution in [3.05, 3.63) is 53.6 Å². The molecule has 0 radical (unpaired) electrons. The summed E-state index contributed by atoms with van der Waals surface area (Å²) in [4.78, 5) is 24.1. The number of hydrogen-bond acceptors (Lipinski definition) is 8. The number of benzene rings is 1. The number of aromatic nitrogens is 3. The molecule has 24 heavy (non-hydrogen) atoms. The van der Waals surface area contributed by atoms with Crippen molar-refractivity contribution in [1.29, 1.82) is 0 Å². The number of nitrogen functional groups attached to an aromatic ring is 1. The molecule has 0 aliphatic carbocycles. The van der Waals surface area contributed by atoms with Crippen molar-refractivity contribution in [2.75, 3.05) is 16.5 Å². The molecule has 0 spiro atoms. The number of carbonyl (C=O) groups excluding carboxylic acids is 1. The van der Waals surface area contributed by atoms with Gasteiger partial charge in [0.2, 0.25) is 0 Å². The third kappa shape index (κ3) is 3.55. The summed E-state index contributed by atoms with van der Waals surface area (Å²) in [7, 11) is 0. The van der Waals surface area contributed by atoms with Crippen LogP contribution in [-0.2, 0) is 0 Å². The molecule has 0 saturated heterocycles. The summed E-state index contributed by atoms with van der Waals surface area (Å²) in [5.74, 6) is -0.294. The Morgan fingerprint density at radius 3 is 2.58 bits per heavy atom. The number of carbonyl (C=O) groups is 1. The van der Waals surface area contributed by atoms with Crippen molar-refractivity contribution < 1.29 is 9.18 Å². The quantitative estimate of drug-likeness (QED) is 0.523. The average Bonchev–Trinajstić information content (AvgIpc) is 3.09. The highest BCUT2D eigenvalue weighted by molar-refractivity contribution is 7.13. The van der Waals surface area contributed by atoms with Crippen LogP contribution in [-0.4, -0.2) is 20.9 Å². The normalized spacial score (nSPS) is 10.2. The van der Waals surface area contributed by atoms with E-state index in [0.29, 0.717) is 10.9 Å². The average molecular weight is 345 g/mol. The maximum atomic E-state index is 12.9. The molecule has 1 amide bonds. The minimum atomic E-state index is -0.456. The number of halogens is 1. The zero-order chi connectivity index (χ0) is 16.9. The smallest absolute Gasteiger partial charge is 0.269 e. The van der Waals surface area contributed by atoms with Gasteiger partial charge in [0.15, 0.2) is 16.8 Å². The molecule has 0 bridgehead atoms. The number of amides is 1. The monoisotopic (exact) mass is 345 g/mol. The van der Waals surface area contributed by atoms with Gasteiger partial charge in [-0.3, -0.25) is 15.6 Å². The fraction of sp³-hybridized carbons (Fsp3) is 0. The van der Waals surface area contributed by atoms with Gasteiger partial charge < -0.3 is 11.1 Å². The first-order valence-electron chi connectivity index (χ1n) is 6.72. The Kier molecular flexibility index (Phi) is 4.47. The minimum Gasteiger partial charge on any atom is -0.393 e. The van der Waals surface area contributed by atoms with Gasteiger partial charge in [-0.1, -0.05) is 0 Å². The maximum Gasteiger partial charge on any atom is 0.269 e. The van der Waals surface area contributed by atoms with Crippen molar-refractivity contribution in [2.24, 2.45) is 0 Å². The van der Waals surface area contributed by atoms with Gasteiger partial charge in [-0.2, -0.15) is 0 Å². The van der Waals surface area contributed by atoms with E-state index in [1.54, 1.807) is 6.20 Å². The molecule has 0 fully saturated rings. The van der Waals surface area contributed by atoms with Gasteiger partial charge in [0, 0.05) is 17.1 Å². The van der Waals surface area contributed by atoms with E-state index >= 15 is 0 Å². The first-order chi connectivity index (χ1) is 11.6. The summed E-state index contributed by atoms with van der Waals surface area (Å²) < 4.78 is 12.9. The fourth-order valence-corrected chi connectivity index (χ4v) is 2.30. The van der Waals surface area contributed by atoms with Crippen LogP contribution in [0.2, 0.25) is 0 Å². The number of hydrazine groups is 1. The largest absolute Gasteiger partial charge is 0.393 e. The standard InChI is InChI=1S/C14H12FN7OS/c15-9-3-1-8(2-4-9)13(23)22-21-12-10(16)11(18-7-19-12)20-14-17-5-6-24-14/h1-7H,16H2,(H,22,23)(H2,17,18,19,20,21). The first-order valence-corrected chi connectivity index (χ1v) is 7.60. The molecule has 0 atom stereocenters. The highest BCUT2D eigenvalue weighted by Crippen LogP contribution is 2.26. The number of nitrogens with one attached hydrogen (secondary N) is 3. The van der Waals surface area contributed by atoms with E-state index in [9.17, 15) is 9.18 Å². The van der Waals surface area contributed by atoms with E-state index in [0.717, 1.165) is 0 Å². The van der Waals surface area contributed by atoms with Crippen LogP contribution in [0, 0.1) is 5.82 Å². The molecular weight excluding hydrogens is 333 g/mol. The second-order valence-electron chi connectivity index (χ2n) is 4.53. The molecule has 2 heterocycles. The summed E-state index contributed by atoms with van der Waals surface area (Å²) in [6.07, 6.45) is 2.94. The predicted molar refractivity (Wildman–Crippen MR) is 89.3 cm³/mol. The molecule has 5 N–H and O–H groups in total. The molecule has 8 nitrogen and oxygen atoms in total. The van der Waals surface area contributed by atoms with Gasteiger partial charge in [0.25, 0.3) is 5.91 Å². The first kappa shape index (κ1) is 15.6. The molecule has 0 aliphatic heterocycles. The van der Waals surface area contributed by atoms with Crippen LogP contribution in [0.5, 0.6) is 0 Å².